The molecule has 152 valence electrons. The lowest BCUT2D eigenvalue weighted by atomic mass is 10.1. The van der Waals surface area contributed by atoms with Gasteiger partial charge in [0, 0.05) is 61.0 Å². The monoisotopic (exact) mass is 393 g/mol. The molecule has 1 aliphatic rings. The summed E-state index contributed by atoms with van der Waals surface area (Å²) in [5, 5.41) is 1.28. The van der Waals surface area contributed by atoms with Crippen molar-refractivity contribution in [2.24, 2.45) is 0 Å². The van der Waals surface area contributed by atoms with Gasteiger partial charge in [-0.2, -0.15) is 0 Å². The van der Waals surface area contributed by atoms with Crippen molar-refractivity contribution in [1.29, 1.82) is 0 Å². The van der Waals surface area contributed by atoms with Crippen LogP contribution in [0.4, 0.5) is 0 Å². The number of nitrogens with zero attached hydrogens (tertiary/aromatic N) is 2. The van der Waals surface area contributed by atoms with Gasteiger partial charge in [0.05, 0.1) is 14.2 Å². The minimum Gasteiger partial charge on any atom is -0.497 e. The fraction of sp³-hybridized carbons (Fsp3) is 0.348. The molecule has 1 saturated heterocycles. The molecule has 0 saturated carbocycles. The number of aromatic nitrogens is 1. The van der Waals surface area contributed by atoms with E-state index in [1.54, 1.807) is 32.4 Å². The van der Waals surface area contributed by atoms with Gasteiger partial charge in [-0.15, -0.1) is 0 Å². The minimum atomic E-state index is 0.0186. The Hall–Kier alpha value is -2.99. The third-order valence-corrected chi connectivity index (χ3v) is 5.67. The minimum absolute atomic E-state index is 0.0186. The predicted octanol–water partition coefficient (Wildman–Crippen LogP) is 3.45. The average molecular weight is 393 g/mol. The quantitative estimate of drug-likeness (QED) is 0.721. The number of amides is 1. The second kappa shape index (κ2) is 8.17. The molecule has 1 amide bonds. The van der Waals surface area contributed by atoms with Gasteiger partial charge < -0.3 is 19.4 Å². The molecule has 6 nitrogen and oxygen atoms in total. The highest BCUT2D eigenvalue weighted by atomic mass is 16.5. The molecule has 2 aromatic carbocycles. The van der Waals surface area contributed by atoms with Gasteiger partial charge in [0.2, 0.25) is 0 Å². The van der Waals surface area contributed by atoms with Gasteiger partial charge in [-0.1, -0.05) is 18.2 Å². The van der Waals surface area contributed by atoms with Crippen LogP contribution in [-0.4, -0.2) is 61.1 Å². The molecule has 3 aromatic rings. The summed E-state index contributed by atoms with van der Waals surface area (Å²) in [4.78, 5) is 20.8. The summed E-state index contributed by atoms with van der Waals surface area (Å²) in [6.07, 6.45) is 0. The Balaban J connectivity index is 1.43. The van der Waals surface area contributed by atoms with E-state index in [1.165, 1.54) is 22.2 Å². The summed E-state index contributed by atoms with van der Waals surface area (Å²) >= 11 is 0. The number of piperazine rings is 1. The molecule has 29 heavy (non-hydrogen) atoms. The van der Waals surface area contributed by atoms with E-state index in [0.717, 1.165) is 19.6 Å². The lowest BCUT2D eigenvalue weighted by Gasteiger charge is -2.35. The lowest BCUT2D eigenvalue weighted by molar-refractivity contribution is 0.0628. The number of aryl methyl sites for hydroxylation is 1. The van der Waals surface area contributed by atoms with E-state index < -0.39 is 0 Å². The third-order valence-electron chi connectivity index (χ3n) is 5.67. The van der Waals surface area contributed by atoms with E-state index in [2.05, 4.69) is 41.1 Å². The van der Waals surface area contributed by atoms with Crippen LogP contribution in [-0.2, 0) is 6.54 Å². The summed E-state index contributed by atoms with van der Waals surface area (Å²) in [6.45, 7) is 6.15. The Morgan fingerprint density at radius 2 is 1.66 bits per heavy atom. The maximum atomic E-state index is 13.0. The van der Waals surface area contributed by atoms with Crippen LogP contribution in [0.2, 0.25) is 0 Å². The van der Waals surface area contributed by atoms with E-state index >= 15 is 0 Å². The molecule has 4 rings (SSSR count). The van der Waals surface area contributed by atoms with Crippen molar-refractivity contribution in [3.63, 3.8) is 0 Å². The number of carbonyl (C=O) groups excluding carboxylic acids is 1. The van der Waals surface area contributed by atoms with Gasteiger partial charge in [0.15, 0.2) is 0 Å². The Kier molecular flexibility index (Phi) is 5.45. The van der Waals surface area contributed by atoms with Gasteiger partial charge in [-0.3, -0.25) is 9.69 Å². The van der Waals surface area contributed by atoms with E-state index in [4.69, 9.17) is 9.47 Å². The smallest absolute Gasteiger partial charge is 0.254 e. The third kappa shape index (κ3) is 3.93. The first kappa shape index (κ1) is 19.3. The van der Waals surface area contributed by atoms with Crippen LogP contribution in [0.15, 0.2) is 42.5 Å². The predicted molar refractivity (Wildman–Crippen MR) is 114 cm³/mol. The topological polar surface area (TPSA) is 57.8 Å². The number of benzene rings is 2. The summed E-state index contributed by atoms with van der Waals surface area (Å²) in [5.41, 5.74) is 4.34. The molecule has 0 radical (unpaired) electrons. The lowest BCUT2D eigenvalue weighted by Crippen LogP contribution is -2.48. The Morgan fingerprint density at radius 1 is 1.00 bits per heavy atom. The SMILES string of the molecule is COc1cc(OC)cc(C(=O)N2CCN(Cc3c(C)[nH]c4ccccc34)CC2)c1. The first-order chi connectivity index (χ1) is 14.1. The summed E-state index contributed by atoms with van der Waals surface area (Å²) < 4.78 is 10.6. The number of methoxy groups -OCH3 is 2. The summed E-state index contributed by atoms with van der Waals surface area (Å²) in [7, 11) is 3.18. The molecular formula is C23H27N3O3. The number of hydrogen-bond acceptors (Lipinski definition) is 4. The van der Waals surface area contributed by atoms with Crippen LogP contribution in [0.3, 0.4) is 0 Å². The van der Waals surface area contributed by atoms with E-state index in [-0.39, 0.29) is 5.91 Å². The maximum Gasteiger partial charge on any atom is 0.254 e. The number of ether oxygens (including phenoxy) is 2. The highest BCUT2D eigenvalue weighted by molar-refractivity contribution is 5.95. The van der Waals surface area contributed by atoms with Crippen molar-refractivity contribution in [3.8, 4) is 11.5 Å². The second-order valence-corrected chi connectivity index (χ2v) is 7.44. The zero-order valence-corrected chi connectivity index (χ0v) is 17.2. The molecule has 0 atom stereocenters. The molecule has 1 fully saturated rings. The summed E-state index contributed by atoms with van der Waals surface area (Å²) in [6, 6.07) is 13.7. The van der Waals surface area contributed by atoms with Crippen LogP contribution in [0, 0.1) is 6.92 Å². The molecule has 0 bridgehead atoms. The van der Waals surface area contributed by atoms with Crippen molar-refractivity contribution < 1.29 is 14.3 Å². The molecule has 1 aliphatic heterocycles. The Morgan fingerprint density at radius 3 is 2.31 bits per heavy atom. The summed E-state index contributed by atoms with van der Waals surface area (Å²) in [5.74, 6) is 1.27. The van der Waals surface area contributed by atoms with Gasteiger partial charge >= 0.3 is 0 Å². The molecule has 6 heteroatoms. The van der Waals surface area contributed by atoms with Crippen molar-refractivity contribution in [1.82, 2.24) is 14.8 Å². The highest BCUT2D eigenvalue weighted by Crippen LogP contribution is 2.25. The van der Waals surface area contributed by atoms with Crippen LogP contribution < -0.4 is 9.47 Å². The van der Waals surface area contributed by atoms with Crippen molar-refractivity contribution in [3.05, 3.63) is 59.3 Å². The van der Waals surface area contributed by atoms with Crippen molar-refractivity contribution in [2.75, 3.05) is 40.4 Å². The van der Waals surface area contributed by atoms with Crippen LogP contribution in [0.25, 0.3) is 10.9 Å². The first-order valence-electron chi connectivity index (χ1n) is 9.90. The zero-order valence-electron chi connectivity index (χ0n) is 17.2. The van der Waals surface area contributed by atoms with Gasteiger partial charge in [-0.05, 0) is 30.7 Å². The molecule has 0 unspecified atom stereocenters. The fourth-order valence-electron chi connectivity index (χ4n) is 3.98. The van der Waals surface area contributed by atoms with E-state index in [0.29, 0.717) is 30.2 Å². The maximum absolute atomic E-state index is 13.0. The van der Waals surface area contributed by atoms with Gasteiger partial charge in [-0.25, -0.2) is 0 Å². The molecule has 2 heterocycles. The first-order valence-corrected chi connectivity index (χ1v) is 9.90. The molecule has 1 N–H and O–H groups in total. The normalized spacial score (nSPS) is 14.9. The van der Waals surface area contributed by atoms with Crippen LogP contribution in [0.5, 0.6) is 11.5 Å². The highest BCUT2D eigenvalue weighted by Gasteiger charge is 2.24. The second-order valence-electron chi connectivity index (χ2n) is 7.44. The molecule has 0 spiro atoms. The number of aromatic amines is 1. The number of carbonyl (C=O) groups is 1. The number of rotatable bonds is 5. The van der Waals surface area contributed by atoms with E-state index in [1.807, 2.05) is 4.90 Å². The number of nitrogens with one attached hydrogen (secondary N) is 1. The van der Waals surface area contributed by atoms with E-state index in [9.17, 15) is 4.79 Å². The Labute approximate surface area is 171 Å². The fourth-order valence-corrected chi connectivity index (χ4v) is 3.98. The molecular weight excluding hydrogens is 366 g/mol. The average Bonchev–Trinajstić information content (AvgIpc) is 3.08. The Bertz CT molecular complexity index is 997. The number of hydrogen-bond donors (Lipinski definition) is 1. The number of para-hydroxylation sites is 1. The standard InChI is InChI=1S/C23H27N3O3/c1-16-21(20-6-4-5-7-22(20)24-16)15-25-8-10-26(11-9-25)23(27)17-12-18(28-2)14-19(13-17)29-3/h4-7,12-14,24H,8-11,15H2,1-3H3. The number of fused-ring (bicyclic) bond motifs is 1. The molecule has 1 aromatic heterocycles. The van der Waals surface area contributed by atoms with Crippen LogP contribution in [0.1, 0.15) is 21.6 Å². The zero-order chi connectivity index (χ0) is 20.4. The molecule has 0 aliphatic carbocycles. The van der Waals surface area contributed by atoms with Gasteiger partial charge in [0.25, 0.3) is 5.91 Å². The van der Waals surface area contributed by atoms with Crippen molar-refractivity contribution >= 4 is 16.8 Å². The van der Waals surface area contributed by atoms with Crippen LogP contribution >= 0.6 is 0 Å². The largest absolute Gasteiger partial charge is 0.497 e. The van der Waals surface area contributed by atoms with Gasteiger partial charge in [0.1, 0.15) is 11.5 Å². The number of H-pyrrole nitrogens is 1. The van der Waals surface area contributed by atoms with Crippen molar-refractivity contribution in [2.45, 2.75) is 13.5 Å².